The molecular formula is C19H33NO. The van der Waals surface area contributed by atoms with Gasteiger partial charge >= 0.3 is 0 Å². The maximum Gasteiger partial charge on any atom is 0.122 e. The average Bonchev–Trinajstić information content (AvgIpc) is 2.47. The number of hydrogen-bond acceptors (Lipinski definition) is 2. The molecule has 0 amide bonds. The lowest BCUT2D eigenvalue weighted by molar-refractivity contribution is 0.314. The summed E-state index contributed by atoms with van der Waals surface area (Å²) >= 11 is 0. The fourth-order valence-corrected chi connectivity index (χ4v) is 3.00. The molecule has 1 rings (SSSR count). The minimum absolute atomic E-state index is 0.335. The highest BCUT2D eigenvalue weighted by Crippen LogP contribution is 2.34. The molecule has 1 aromatic rings. The van der Waals surface area contributed by atoms with Gasteiger partial charge in [0.1, 0.15) is 5.75 Å². The number of hydrogen-bond donors (Lipinski definition) is 1. The highest BCUT2D eigenvalue weighted by molar-refractivity contribution is 5.49. The Hall–Kier alpha value is -1.02. The van der Waals surface area contributed by atoms with E-state index in [1.165, 1.54) is 22.3 Å². The quantitative estimate of drug-likeness (QED) is 0.729. The largest absolute Gasteiger partial charge is 0.493 e. The van der Waals surface area contributed by atoms with Crippen LogP contribution in [0.1, 0.15) is 74.6 Å². The Labute approximate surface area is 131 Å². The molecular weight excluding hydrogens is 258 g/mol. The molecule has 1 aromatic carbocycles. The van der Waals surface area contributed by atoms with Crippen molar-refractivity contribution in [2.45, 2.75) is 79.2 Å². The van der Waals surface area contributed by atoms with Gasteiger partial charge in [0.05, 0.1) is 6.61 Å². The van der Waals surface area contributed by atoms with Crippen molar-refractivity contribution in [2.24, 2.45) is 5.73 Å². The van der Waals surface area contributed by atoms with Gasteiger partial charge in [-0.15, -0.1) is 0 Å². The Kier molecular flexibility index (Phi) is 7.24. The van der Waals surface area contributed by atoms with Crippen LogP contribution in [0.15, 0.2) is 6.07 Å². The summed E-state index contributed by atoms with van der Waals surface area (Å²) in [5.41, 5.74) is 11.6. The molecule has 0 bridgehead atoms. The minimum Gasteiger partial charge on any atom is -0.493 e. The molecule has 2 atom stereocenters. The van der Waals surface area contributed by atoms with Crippen LogP contribution in [0.25, 0.3) is 0 Å². The second-order valence-electron chi connectivity index (χ2n) is 6.35. The third kappa shape index (κ3) is 4.74. The zero-order valence-electron chi connectivity index (χ0n) is 14.8. The smallest absolute Gasteiger partial charge is 0.122 e. The Balaban J connectivity index is 2.94. The van der Waals surface area contributed by atoms with E-state index >= 15 is 0 Å². The van der Waals surface area contributed by atoms with Crippen LogP contribution in [0, 0.1) is 20.8 Å². The van der Waals surface area contributed by atoms with Gasteiger partial charge in [0.25, 0.3) is 0 Å². The third-order valence-electron chi connectivity index (χ3n) is 4.56. The van der Waals surface area contributed by atoms with Crippen molar-refractivity contribution in [2.75, 3.05) is 6.61 Å². The summed E-state index contributed by atoms with van der Waals surface area (Å²) in [6.07, 6.45) is 4.37. The number of aryl methyl sites for hydroxylation is 1. The standard InChI is InChI=1S/C19H33NO/c1-7-11-21-18-12-14(4)19(16(6)15(18)5)13(3)9-10-17(20)8-2/h12-13,17H,7-11,20H2,1-6H3. The van der Waals surface area contributed by atoms with Gasteiger partial charge in [-0.25, -0.2) is 0 Å². The molecule has 0 spiro atoms. The van der Waals surface area contributed by atoms with Crippen molar-refractivity contribution in [3.8, 4) is 5.75 Å². The normalized spacial score (nSPS) is 14.0. The number of benzene rings is 1. The fourth-order valence-electron chi connectivity index (χ4n) is 3.00. The van der Waals surface area contributed by atoms with Gasteiger partial charge in [-0.05, 0) is 80.7 Å². The van der Waals surface area contributed by atoms with Gasteiger partial charge in [-0.3, -0.25) is 0 Å². The number of ether oxygens (including phenoxy) is 1. The van der Waals surface area contributed by atoms with Crippen LogP contribution in [-0.4, -0.2) is 12.6 Å². The second-order valence-corrected chi connectivity index (χ2v) is 6.35. The van der Waals surface area contributed by atoms with Crippen molar-refractivity contribution in [1.82, 2.24) is 0 Å². The van der Waals surface area contributed by atoms with Crippen LogP contribution in [0.4, 0.5) is 0 Å². The number of rotatable bonds is 8. The Morgan fingerprint density at radius 2 is 1.76 bits per heavy atom. The first-order valence-electron chi connectivity index (χ1n) is 8.41. The monoisotopic (exact) mass is 291 g/mol. The molecule has 2 N–H and O–H groups in total. The molecule has 0 aliphatic rings. The molecule has 0 aliphatic carbocycles. The maximum atomic E-state index is 6.06. The molecule has 2 unspecified atom stereocenters. The van der Waals surface area contributed by atoms with Crippen molar-refractivity contribution in [1.29, 1.82) is 0 Å². The predicted molar refractivity (Wildman–Crippen MR) is 92.4 cm³/mol. The van der Waals surface area contributed by atoms with E-state index in [1.54, 1.807) is 0 Å². The summed E-state index contributed by atoms with van der Waals surface area (Å²) in [5.74, 6) is 1.61. The lowest BCUT2D eigenvalue weighted by Crippen LogP contribution is -2.19. The van der Waals surface area contributed by atoms with E-state index in [2.05, 4.69) is 47.6 Å². The van der Waals surface area contributed by atoms with E-state index in [9.17, 15) is 0 Å². The van der Waals surface area contributed by atoms with Crippen LogP contribution in [0.3, 0.4) is 0 Å². The lowest BCUT2D eigenvalue weighted by atomic mass is 9.85. The van der Waals surface area contributed by atoms with Crippen molar-refractivity contribution < 1.29 is 4.74 Å². The molecule has 120 valence electrons. The molecule has 0 saturated carbocycles. The zero-order chi connectivity index (χ0) is 16.0. The second kappa shape index (κ2) is 8.43. The predicted octanol–water partition coefficient (Wildman–Crippen LogP) is 5.02. The summed E-state index contributed by atoms with van der Waals surface area (Å²) in [7, 11) is 0. The van der Waals surface area contributed by atoms with Gasteiger partial charge < -0.3 is 10.5 Å². The topological polar surface area (TPSA) is 35.2 Å². The van der Waals surface area contributed by atoms with Gasteiger partial charge in [-0.2, -0.15) is 0 Å². The number of nitrogens with two attached hydrogens (primary N) is 1. The van der Waals surface area contributed by atoms with Crippen LogP contribution in [0.5, 0.6) is 5.75 Å². The maximum absolute atomic E-state index is 6.06. The molecule has 2 nitrogen and oxygen atoms in total. The Bertz CT molecular complexity index is 453. The Morgan fingerprint density at radius 1 is 1.10 bits per heavy atom. The van der Waals surface area contributed by atoms with E-state index < -0.39 is 0 Å². The van der Waals surface area contributed by atoms with Gasteiger partial charge in [0, 0.05) is 6.04 Å². The highest BCUT2D eigenvalue weighted by atomic mass is 16.5. The van der Waals surface area contributed by atoms with Crippen molar-refractivity contribution in [3.05, 3.63) is 28.3 Å². The van der Waals surface area contributed by atoms with Gasteiger partial charge in [-0.1, -0.05) is 20.8 Å². The summed E-state index contributed by atoms with van der Waals surface area (Å²) < 4.78 is 5.88. The summed E-state index contributed by atoms with van der Waals surface area (Å²) in [6.45, 7) is 14.0. The molecule has 0 radical (unpaired) electrons. The molecule has 0 aromatic heterocycles. The van der Waals surface area contributed by atoms with Crippen molar-refractivity contribution in [3.63, 3.8) is 0 Å². The van der Waals surface area contributed by atoms with Crippen molar-refractivity contribution >= 4 is 0 Å². The summed E-state index contributed by atoms with van der Waals surface area (Å²) in [5, 5.41) is 0. The first-order chi connectivity index (χ1) is 9.92. The first-order valence-corrected chi connectivity index (χ1v) is 8.41. The summed E-state index contributed by atoms with van der Waals surface area (Å²) in [4.78, 5) is 0. The minimum atomic E-state index is 0.335. The fraction of sp³-hybridized carbons (Fsp3) is 0.684. The summed E-state index contributed by atoms with van der Waals surface area (Å²) in [6, 6.07) is 2.55. The molecule has 0 aliphatic heterocycles. The molecule has 21 heavy (non-hydrogen) atoms. The van der Waals surface area contributed by atoms with E-state index in [1.807, 2.05) is 0 Å². The molecule has 0 fully saturated rings. The van der Waals surface area contributed by atoms with Crippen LogP contribution in [0.2, 0.25) is 0 Å². The van der Waals surface area contributed by atoms with E-state index in [4.69, 9.17) is 10.5 Å². The first kappa shape index (κ1) is 18.0. The van der Waals surface area contributed by atoms with Crippen LogP contribution in [-0.2, 0) is 0 Å². The average molecular weight is 291 g/mol. The van der Waals surface area contributed by atoms with E-state index in [-0.39, 0.29) is 0 Å². The van der Waals surface area contributed by atoms with Crippen LogP contribution >= 0.6 is 0 Å². The molecule has 0 saturated heterocycles. The van der Waals surface area contributed by atoms with E-state index in [0.717, 1.165) is 38.0 Å². The highest BCUT2D eigenvalue weighted by Gasteiger charge is 2.17. The van der Waals surface area contributed by atoms with Crippen LogP contribution < -0.4 is 10.5 Å². The lowest BCUT2D eigenvalue weighted by Gasteiger charge is -2.22. The third-order valence-corrected chi connectivity index (χ3v) is 4.56. The molecule has 0 heterocycles. The van der Waals surface area contributed by atoms with E-state index in [0.29, 0.717) is 12.0 Å². The van der Waals surface area contributed by atoms with Gasteiger partial charge in [0.15, 0.2) is 0 Å². The zero-order valence-corrected chi connectivity index (χ0v) is 14.8. The van der Waals surface area contributed by atoms with Gasteiger partial charge in [0.2, 0.25) is 0 Å². The SMILES string of the molecule is CCCOc1cc(C)c(C(C)CCC(N)CC)c(C)c1C. The Morgan fingerprint density at radius 3 is 2.33 bits per heavy atom. The molecule has 2 heteroatoms.